The van der Waals surface area contributed by atoms with Gasteiger partial charge in [0.1, 0.15) is 17.2 Å². The van der Waals surface area contributed by atoms with Crippen LogP contribution in [0.2, 0.25) is 0 Å². The van der Waals surface area contributed by atoms with Gasteiger partial charge in [-0.05, 0) is 32.9 Å². The van der Waals surface area contributed by atoms with E-state index in [1.807, 2.05) is 38.1 Å². The molecule has 9 nitrogen and oxygen atoms in total. The highest BCUT2D eigenvalue weighted by Gasteiger charge is 2.23. The van der Waals surface area contributed by atoms with Crippen LogP contribution in [-0.2, 0) is 4.74 Å². The predicted octanol–water partition coefficient (Wildman–Crippen LogP) is 3.54. The molecule has 0 spiro atoms. The lowest BCUT2D eigenvalue weighted by molar-refractivity contribution is 0.102. The molecule has 3 aromatic rings. The van der Waals surface area contributed by atoms with Gasteiger partial charge < -0.3 is 29.2 Å². The maximum Gasteiger partial charge on any atom is 0.274 e. The van der Waals surface area contributed by atoms with Crippen molar-refractivity contribution in [3.05, 3.63) is 41.9 Å². The molecule has 1 N–H and O–H groups in total. The number of hydrogen-bond acceptors (Lipinski definition) is 7. The summed E-state index contributed by atoms with van der Waals surface area (Å²) in [4.78, 5) is 20.1. The highest BCUT2D eigenvalue weighted by molar-refractivity contribution is 6.05. The summed E-state index contributed by atoms with van der Waals surface area (Å²) in [6.07, 6.45) is 1.80. The maximum atomic E-state index is 13.4. The third-order valence-corrected chi connectivity index (χ3v) is 5.48. The van der Waals surface area contributed by atoms with E-state index in [0.717, 1.165) is 18.8 Å². The fourth-order valence-electron chi connectivity index (χ4n) is 4.01. The van der Waals surface area contributed by atoms with E-state index in [1.54, 1.807) is 24.6 Å². The van der Waals surface area contributed by atoms with Crippen molar-refractivity contribution in [3.8, 4) is 17.2 Å². The van der Waals surface area contributed by atoms with Crippen LogP contribution in [0, 0.1) is 6.92 Å². The first-order valence-corrected chi connectivity index (χ1v) is 11.2. The molecule has 176 valence electrons. The molecule has 1 aliphatic rings. The average Bonchev–Trinajstić information content (AvgIpc) is 3.17. The summed E-state index contributed by atoms with van der Waals surface area (Å²) in [6, 6.07) is 7.39. The molecule has 0 unspecified atom stereocenters. The molecular weight excluding hydrogens is 424 g/mol. The van der Waals surface area contributed by atoms with Gasteiger partial charge in [-0.15, -0.1) is 0 Å². The molecule has 3 heterocycles. The number of morpholine rings is 1. The van der Waals surface area contributed by atoms with E-state index in [9.17, 15) is 4.79 Å². The number of carbonyl (C=O) groups excluding carboxylic acids is 1. The number of carbonyl (C=O) groups is 1. The van der Waals surface area contributed by atoms with Gasteiger partial charge in [0, 0.05) is 31.4 Å². The van der Waals surface area contributed by atoms with Crippen molar-refractivity contribution in [1.82, 2.24) is 9.38 Å². The van der Waals surface area contributed by atoms with Gasteiger partial charge in [-0.1, -0.05) is 0 Å². The summed E-state index contributed by atoms with van der Waals surface area (Å²) >= 11 is 0. The number of aryl methyl sites for hydroxylation is 1. The van der Waals surface area contributed by atoms with Crippen LogP contribution >= 0.6 is 0 Å². The van der Waals surface area contributed by atoms with Crippen molar-refractivity contribution >= 4 is 22.9 Å². The van der Waals surface area contributed by atoms with Gasteiger partial charge in [-0.25, -0.2) is 4.98 Å². The molecule has 0 radical (unpaired) electrons. The zero-order chi connectivity index (χ0) is 23.4. The molecular formula is C24H30N4O5. The summed E-state index contributed by atoms with van der Waals surface area (Å²) in [5.74, 6) is 1.58. The molecule has 1 aliphatic heterocycles. The molecule has 2 aromatic heterocycles. The molecule has 0 bridgehead atoms. The van der Waals surface area contributed by atoms with Crippen LogP contribution in [-0.4, -0.2) is 61.9 Å². The van der Waals surface area contributed by atoms with E-state index in [4.69, 9.17) is 18.9 Å². The minimum Gasteiger partial charge on any atom is -0.493 e. The first-order valence-electron chi connectivity index (χ1n) is 11.2. The second kappa shape index (κ2) is 9.99. The summed E-state index contributed by atoms with van der Waals surface area (Å²) in [5.41, 5.74) is 3.09. The Bertz CT molecular complexity index is 1140. The number of nitrogens with one attached hydrogen (secondary N) is 1. The summed E-state index contributed by atoms with van der Waals surface area (Å²) < 4.78 is 24.5. The predicted molar refractivity (Wildman–Crippen MR) is 126 cm³/mol. The van der Waals surface area contributed by atoms with Crippen molar-refractivity contribution in [3.63, 3.8) is 0 Å². The van der Waals surface area contributed by atoms with E-state index in [0.29, 0.717) is 66.4 Å². The number of fused-ring (bicyclic) bond motifs is 1. The number of benzene rings is 1. The number of aromatic nitrogens is 2. The molecule has 1 fully saturated rings. The average molecular weight is 455 g/mol. The van der Waals surface area contributed by atoms with Crippen LogP contribution < -0.4 is 24.4 Å². The zero-order valence-electron chi connectivity index (χ0n) is 19.5. The lowest BCUT2D eigenvalue weighted by atomic mass is 10.2. The third-order valence-electron chi connectivity index (χ3n) is 5.48. The second-order valence-corrected chi connectivity index (χ2v) is 7.55. The number of pyridine rings is 1. The quantitative estimate of drug-likeness (QED) is 0.557. The Morgan fingerprint density at radius 2 is 1.85 bits per heavy atom. The van der Waals surface area contributed by atoms with Crippen LogP contribution in [0.1, 0.15) is 30.0 Å². The number of methoxy groups -OCH3 is 1. The smallest absolute Gasteiger partial charge is 0.274 e. The number of amides is 1. The molecule has 33 heavy (non-hydrogen) atoms. The van der Waals surface area contributed by atoms with Crippen molar-refractivity contribution in [1.29, 1.82) is 0 Å². The Morgan fingerprint density at radius 1 is 1.12 bits per heavy atom. The number of hydrogen-bond donors (Lipinski definition) is 1. The Labute approximate surface area is 193 Å². The molecule has 0 saturated carbocycles. The lowest BCUT2D eigenvalue weighted by Gasteiger charge is -2.31. The number of nitrogens with zero attached hydrogens (tertiary/aromatic N) is 3. The highest BCUT2D eigenvalue weighted by atomic mass is 16.5. The topological polar surface area (TPSA) is 86.6 Å². The molecule has 1 aromatic carbocycles. The van der Waals surface area contributed by atoms with Gasteiger partial charge in [-0.3, -0.25) is 9.20 Å². The summed E-state index contributed by atoms with van der Waals surface area (Å²) in [6.45, 7) is 9.47. The Hall–Kier alpha value is -3.46. The van der Waals surface area contributed by atoms with Crippen LogP contribution in [0.15, 0.2) is 30.5 Å². The van der Waals surface area contributed by atoms with Gasteiger partial charge in [0.05, 0.1) is 50.6 Å². The van der Waals surface area contributed by atoms with E-state index < -0.39 is 0 Å². The normalized spacial score (nSPS) is 13.8. The van der Waals surface area contributed by atoms with E-state index >= 15 is 0 Å². The van der Waals surface area contributed by atoms with E-state index in [1.165, 1.54) is 0 Å². The third kappa shape index (κ3) is 4.54. The van der Waals surface area contributed by atoms with Crippen LogP contribution in [0.3, 0.4) is 0 Å². The van der Waals surface area contributed by atoms with Gasteiger partial charge >= 0.3 is 0 Å². The molecule has 1 saturated heterocycles. The molecule has 9 heteroatoms. The van der Waals surface area contributed by atoms with Crippen LogP contribution in [0.5, 0.6) is 17.2 Å². The molecule has 0 atom stereocenters. The maximum absolute atomic E-state index is 13.4. The first-order chi connectivity index (χ1) is 16.1. The number of anilines is 2. The summed E-state index contributed by atoms with van der Waals surface area (Å²) in [7, 11) is 1.58. The van der Waals surface area contributed by atoms with Gasteiger partial charge in [0.2, 0.25) is 0 Å². The van der Waals surface area contributed by atoms with Gasteiger partial charge in [-0.2, -0.15) is 0 Å². The van der Waals surface area contributed by atoms with Crippen molar-refractivity contribution in [2.24, 2.45) is 0 Å². The van der Waals surface area contributed by atoms with Crippen molar-refractivity contribution in [2.45, 2.75) is 20.8 Å². The summed E-state index contributed by atoms with van der Waals surface area (Å²) in [5, 5.41) is 3.01. The van der Waals surface area contributed by atoms with E-state index in [2.05, 4.69) is 15.2 Å². The molecule has 1 amide bonds. The number of rotatable bonds is 8. The second-order valence-electron chi connectivity index (χ2n) is 7.55. The largest absolute Gasteiger partial charge is 0.493 e. The monoisotopic (exact) mass is 454 g/mol. The standard InChI is InChI=1S/C24H30N4O5/c1-5-32-20-15-18(27-10-12-31-13-11-27)21(33-6-2)14-17(20)26-24(29)22-16(3)25-23-19(30-4)8-7-9-28(22)23/h7-9,14-15H,5-6,10-13H2,1-4H3,(H,26,29). The molecule has 0 aliphatic carbocycles. The Balaban J connectivity index is 1.72. The number of ether oxygens (including phenoxy) is 4. The minimum absolute atomic E-state index is 0.296. The van der Waals surface area contributed by atoms with E-state index in [-0.39, 0.29) is 5.91 Å². The van der Waals surface area contributed by atoms with Gasteiger partial charge in [0.25, 0.3) is 5.91 Å². The Kier molecular flexibility index (Phi) is 6.88. The first kappa shape index (κ1) is 22.7. The fourth-order valence-corrected chi connectivity index (χ4v) is 4.01. The van der Waals surface area contributed by atoms with Crippen LogP contribution in [0.4, 0.5) is 11.4 Å². The van der Waals surface area contributed by atoms with Crippen LogP contribution in [0.25, 0.3) is 5.65 Å². The van der Waals surface area contributed by atoms with Gasteiger partial charge in [0.15, 0.2) is 11.4 Å². The Morgan fingerprint density at radius 3 is 2.55 bits per heavy atom. The number of imidazole rings is 1. The molecule has 4 rings (SSSR count). The minimum atomic E-state index is -0.296. The lowest BCUT2D eigenvalue weighted by Crippen LogP contribution is -2.36. The van der Waals surface area contributed by atoms with Crippen molar-refractivity contribution < 1.29 is 23.7 Å². The SMILES string of the molecule is CCOc1cc(N2CCOCC2)c(OCC)cc1NC(=O)c1c(C)nc2c(OC)cccn12. The highest BCUT2D eigenvalue weighted by Crippen LogP contribution is 2.39. The fraction of sp³-hybridized carbons (Fsp3) is 0.417. The van der Waals surface area contributed by atoms with Crippen molar-refractivity contribution in [2.75, 3.05) is 56.8 Å². The zero-order valence-corrected chi connectivity index (χ0v) is 19.5.